The van der Waals surface area contributed by atoms with Gasteiger partial charge in [-0.2, -0.15) is 0 Å². The van der Waals surface area contributed by atoms with Gasteiger partial charge in [0.1, 0.15) is 5.82 Å². The Labute approximate surface area is 173 Å². The Morgan fingerprint density at radius 1 is 1.24 bits per heavy atom. The smallest absolute Gasteiger partial charge is 0.300 e. The molecule has 1 amide bonds. The van der Waals surface area contributed by atoms with Gasteiger partial charge in [-0.1, -0.05) is 17.8 Å². The molecule has 3 heterocycles. The van der Waals surface area contributed by atoms with E-state index in [4.69, 9.17) is 0 Å². The van der Waals surface area contributed by atoms with Crippen LogP contribution < -0.4 is 10.9 Å². The lowest BCUT2D eigenvalue weighted by molar-refractivity contribution is -0.120. The zero-order valence-corrected chi connectivity index (χ0v) is 16.9. The first-order valence-corrected chi connectivity index (χ1v) is 10.5. The number of hydrogen-bond donors (Lipinski definition) is 1. The van der Waals surface area contributed by atoms with E-state index in [1.54, 1.807) is 35.1 Å². The molecule has 1 aromatic carbocycles. The molecule has 0 fully saturated rings. The number of rotatable bonds is 6. The summed E-state index contributed by atoms with van der Waals surface area (Å²) in [5, 5.41) is 12.9. The topological polar surface area (TPSA) is 81.3 Å². The SMILES string of the molecule is CC(Sc1nnc2c(=O)n(-c3ccc(F)cc3)ccn12)C(=O)NCc1cccs1. The second kappa shape index (κ2) is 8.18. The summed E-state index contributed by atoms with van der Waals surface area (Å²) in [6.45, 7) is 2.25. The number of amides is 1. The van der Waals surface area contributed by atoms with Gasteiger partial charge in [-0.05, 0) is 42.6 Å². The monoisotopic (exact) mass is 429 g/mol. The van der Waals surface area contributed by atoms with E-state index in [-0.39, 0.29) is 22.9 Å². The molecule has 29 heavy (non-hydrogen) atoms. The number of nitrogens with one attached hydrogen (secondary N) is 1. The molecule has 1 unspecified atom stereocenters. The van der Waals surface area contributed by atoms with Crippen LogP contribution in [0, 0.1) is 5.82 Å². The normalized spacial score (nSPS) is 12.2. The molecule has 4 aromatic rings. The number of carbonyl (C=O) groups is 1. The van der Waals surface area contributed by atoms with Crippen molar-refractivity contribution in [2.24, 2.45) is 0 Å². The number of hydrogen-bond acceptors (Lipinski definition) is 6. The minimum absolute atomic E-state index is 0.125. The van der Waals surface area contributed by atoms with Crippen molar-refractivity contribution in [3.8, 4) is 5.69 Å². The lowest BCUT2D eigenvalue weighted by Gasteiger charge is -2.10. The molecule has 0 saturated heterocycles. The van der Waals surface area contributed by atoms with Crippen LogP contribution in [0.4, 0.5) is 4.39 Å². The fourth-order valence-corrected chi connectivity index (χ4v) is 4.19. The van der Waals surface area contributed by atoms with Gasteiger partial charge in [0.2, 0.25) is 11.6 Å². The summed E-state index contributed by atoms with van der Waals surface area (Å²) < 4.78 is 16.1. The fourth-order valence-electron chi connectivity index (χ4n) is 2.69. The highest BCUT2D eigenvalue weighted by Crippen LogP contribution is 2.22. The molecular formula is C19H16FN5O2S2. The van der Waals surface area contributed by atoms with Crippen LogP contribution in [0.25, 0.3) is 11.3 Å². The van der Waals surface area contributed by atoms with Crippen LogP contribution in [-0.2, 0) is 11.3 Å². The summed E-state index contributed by atoms with van der Waals surface area (Å²) >= 11 is 2.80. The van der Waals surface area contributed by atoms with E-state index >= 15 is 0 Å². The third-order valence-electron chi connectivity index (χ3n) is 4.21. The summed E-state index contributed by atoms with van der Waals surface area (Å²) in [7, 11) is 0. The summed E-state index contributed by atoms with van der Waals surface area (Å²) in [4.78, 5) is 26.2. The van der Waals surface area contributed by atoms with E-state index in [1.165, 1.54) is 40.6 Å². The van der Waals surface area contributed by atoms with Crippen LogP contribution in [0.2, 0.25) is 0 Å². The molecule has 0 aliphatic heterocycles. The van der Waals surface area contributed by atoms with Gasteiger partial charge in [0.25, 0.3) is 0 Å². The molecule has 1 atom stereocenters. The van der Waals surface area contributed by atoms with E-state index < -0.39 is 5.25 Å². The third kappa shape index (κ3) is 4.08. The standard InChI is InChI=1S/C19H16FN5O2S2/c1-12(17(26)21-11-15-3-2-10-28-15)29-19-23-22-16-18(27)24(8-9-25(16)19)14-6-4-13(20)5-7-14/h2-10,12H,11H2,1H3,(H,21,26). The number of halogens is 1. The lowest BCUT2D eigenvalue weighted by atomic mass is 10.3. The quantitative estimate of drug-likeness (QED) is 0.477. The minimum atomic E-state index is -0.415. The first-order chi connectivity index (χ1) is 14.0. The first kappa shape index (κ1) is 19.3. The van der Waals surface area contributed by atoms with Gasteiger partial charge >= 0.3 is 5.56 Å². The molecule has 0 bridgehead atoms. The minimum Gasteiger partial charge on any atom is -0.350 e. The zero-order chi connectivity index (χ0) is 20.4. The zero-order valence-electron chi connectivity index (χ0n) is 15.3. The van der Waals surface area contributed by atoms with Crippen LogP contribution in [0.5, 0.6) is 0 Å². The molecule has 148 valence electrons. The van der Waals surface area contributed by atoms with Crippen molar-refractivity contribution in [1.29, 1.82) is 0 Å². The van der Waals surface area contributed by atoms with Crippen LogP contribution in [0.15, 0.2) is 64.1 Å². The van der Waals surface area contributed by atoms with Crippen molar-refractivity contribution in [2.75, 3.05) is 0 Å². The second-order valence-corrected chi connectivity index (χ2v) is 8.52. The maximum Gasteiger partial charge on any atom is 0.300 e. The molecular weight excluding hydrogens is 413 g/mol. The van der Waals surface area contributed by atoms with Crippen molar-refractivity contribution < 1.29 is 9.18 Å². The Bertz CT molecular complexity index is 1200. The molecule has 4 rings (SSSR count). The first-order valence-electron chi connectivity index (χ1n) is 8.72. The lowest BCUT2D eigenvalue weighted by Crippen LogP contribution is -2.30. The van der Waals surface area contributed by atoms with Crippen molar-refractivity contribution in [1.82, 2.24) is 24.5 Å². The maximum atomic E-state index is 13.1. The summed E-state index contributed by atoms with van der Waals surface area (Å²) in [6.07, 6.45) is 3.22. The summed E-state index contributed by atoms with van der Waals surface area (Å²) in [5.74, 6) is -0.504. The van der Waals surface area contributed by atoms with Crippen molar-refractivity contribution in [2.45, 2.75) is 23.9 Å². The molecule has 0 aliphatic rings. The second-order valence-electron chi connectivity index (χ2n) is 6.18. The number of aromatic nitrogens is 4. The van der Waals surface area contributed by atoms with Crippen LogP contribution in [0.3, 0.4) is 0 Å². The molecule has 0 spiro atoms. The van der Waals surface area contributed by atoms with E-state index in [0.717, 1.165) is 4.88 Å². The van der Waals surface area contributed by atoms with Gasteiger partial charge in [0.05, 0.1) is 11.8 Å². The van der Waals surface area contributed by atoms with Crippen LogP contribution in [-0.4, -0.2) is 30.3 Å². The van der Waals surface area contributed by atoms with E-state index in [1.807, 2.05) is 17.5 Å². The van der Waals surface area contributed by atoms with Gasteiger partial charge in [0, 0.05) is 23.0 Å². The molecule has 0 saturated carbocycles. The van der Waals surface area contributed by atoms with E-state index in [0.29, 0.717) is 17.4 Å². The number of benzene rings is 1. The van der Waals surface area contributed by atoms with Gasteiger partial charge in [0.15, 0.2) is 5.16 Å². The number of fused-ring (bicyclic) bond motifs is 1. The predicted molar refractivity (Wildman–Crippen MR) is 110 cm³/mol. The Balaban J connectivity index is 1.52. The Morgan fingerprint density at radius 2 is 2.03 bits per heavy atom. The third-order valence-corrected chi connectivity index (χ3v) is 6.15. The van der Waals surface area contributed by atoms with Gasteiger partial charge in [-0.25, -0.2) is 4.39 Å². The molecule has 1 N–H and O–H groups in total. The number of thioether (sulfide) groups is 1. The van der Waals surface area contributed by atoms with Crippen molar-refractivity contribution >= 4 is 34.7 Å². The molecule has 10 heteroatoms. The molecule has 3 aromatic heterocycles. The highest BCUT2D eigenvalue weighted by atomic mass is 32.2. The highest BCUT2D eigenvalue weighted by molar-refractivity contribution is 8.00. The molecule has 0 radical (unpaired) electrons. The van der Waals surface area contributed by atoms with Crippen LogP contribution in [0.1, 0.15) is 11.8 Å². The maximum absolute atomic E-state index is 13.1. The summed E-state index contributed by atoms with van der Waals surface area (Å²) in [6, 6.07) is 9.49. The van der Waals surface area contributed by atoms with Crippen LogP contribution >= 0.6 is 23.1 Å². The van der Waals surface area contributed by atoms with Crippen molar-refractivity contribution in [3.05, 3.63) is 75.2 Å². The number of carbonyl (C=O) groups excluding carboxylic acids is 1. The predicted octanol–water partition coefficient (Wildman–Crippen LogP) is 2.88. The highest BCUT2D eigenvalue weighted by Gasteiger charge is 2.19. The molecule has 0 aliphatic carbocycles. The van der Waals surface area contributed by atoms with E-state index in [9.17, 15) is 14.0 Å². The number of thiophene rings is 1. The number of nitrogens with zero attached hydrogens (tertiary/aromatic N) is 4. The average Bonchev–Trinajstić information content (AvgIpc) is 3.38. The Hall–Kier alpha value is -2.98. The average molecular weight is 430 g/mol. The Morgan fingerprint density at radius 3 is 2.76 bits per heavy atom. The van der Waals surface area contributed by atoms with Gasteiger partial charge in [-0.3, -0.25) is 18.6 Å². The van der Waals surface area contributed by atoms with E-state index in [2.05, 4.69) is 15.5 Å². The molecule has 7 nitrogen and oxygen atoms in total. The fraction of sp³-hybridized carbons (Fsp3) is 0.158. The summed E-state index contributed by atoms with van der Waals surface area (Å²) in [5.41, 5.74) is 0.274. The van der Waals surface area contributed by atoms with Gasteiger partial charge in [-0.15, -0.1) is 21.5 Å². The van der Waals surface area contributed by atoms with Gasteiger partial charge < -0.3 is 5.32 Å². The largest absolute Gasteiger partial charge is 0.350 e. The Kier molecular flexibility index (Phi) is 5.45. The van der Waals surface area contributed by atoms with Crippen molar-refractivity contribution in [3.63, 3.8) is 0 Å².